The minimum atomic E-state index is -1.17. The van der Waals surface area contributed by atoms with E-state index >= 15 is 0 Å². The molecule has 0 aromatic heterocycles. The molecular formula is C30H36N2O7. The van der Waals surface area contributed by atoms with Crippen molar-refractivity contribution in [1.82, 2.24) is 10.2 Å². The lowest BCUT2D eigenvalue weighted by Crippen LogP contribution is -2.55. The second-order valence-corrected chi connectivity index (χ2v) is 9.85. The molecule has 0 bridgehead atoms. The molecule has 2 aromatic rings. The van der Waals surface area contributed by atoms with Crippen LogP contribution in [0.2, 0.25) is 0 Å². The van der Waals surface area contributed by atoms with Crippen LogP contribution >= 0.6 is 0 Å². The molecule has 9 heteroatoms. The maximum atomic E-state index is 13.5. The Morgan fingerprint density at radius 1 is 1.18 bits per heavy atom. The number of benzene rings is 2. The van der Waals surface area contributed by atoms with Gasteiger partial charge in [0.25, 0.3) is 0 Å². The van der Waals surface area contributed by atoms with Gasteiger partial charge in [-0.05, 0) is 42.7 Å². The molecular weight excluding hydrogens is 500 g/mol. The molecule has 0 saturated carbocycles. The number of aliphatic hydroxyl groups is 3. The number of nitrogens with one attached hydrogen (secondary N) is 1. The zero-order valence-corrected chi connectivity index (χ0v) is 22.3. The fraction of sp³-hybridized carbons (Fsp3) is 0.400. The van der Waals surface area contributed by atoms with Crippen LogP contribution in [0.25, 0.3) is 0 Å². The molecule has 0 fully saturated rings. The van der Waals surface area contributed by atoms with Crippen molar-refractivity contribution >= 4 is 11.8 Å². The highest BCUT2D eigenvalue weighted by atomic mass is 16.5. The minimum absolute atomic E-state index is 0.0415. The highest BCUT2D eigenvalue weighted by molar-refractivity contribution is 5.96. The van der Waals surface area contributed by atoms with Gasteiger partial charge in [0.05, 0.1) is 32.3 Å². The van der Waals surface area contributed by atoms with E-state index < -0.39 is 30.1 Å². The molecule has 1 aliphatic heterocycles. The van der Waals surface area contributed by atoms with Gasteiger partial charge >= 0.3 is 0 Å². The quantitative estimate of drug-likeness (QED) is 0.324. The number of allylic oxidation sites excluding steroid dienone is 1. The van der Waals surface area contributed by atoms with Crippen molar-refractivity contribution in [2.24, 2.45) is 0 Å². The number of fused-ring (bicyclic) bond motifs is 3. The number of hydrogen-bond donors (Lipinski definition) is 4. The highest BCUT2D eigenvalue weighted by Gasteiger charge is 2.51. The topological polar surface area (TPSA) is 129 Å². The number of amides is 2. The molecule has 39 heavy (non-hydrogen) atoms. The third-order valence-electron chi connectivity index (χ3n) is 7.21. The summed E-state index contributed by atoms with van der Waals surface area (Å²) in [4.78, 5) is 28.5. The lowest BCUT2D eigenvalue weighted by Gasteiger charge is -2.41. The monoisotopic (exact) mass is 536 g/mol. The molecule has 4 N–H and O–H groups in total. The Bertz CT molecular complexity index is 1240. The van der Waals surface area contributed by atoms with Gasteiger partial charge in [-0.15, -0.1) is 6.58 Å². The number of carbonyl (C=O) groups is 2. The Balaban J connectivity index is 1.80. The number of hydrogen-bond acceptors (Lipinski definition) is 7. The Kier molecular flexibility index (Phi) is 9.06. The maximum Gasteiger partial charge on any atom is 0.247 e. The van der Waals surface area contributed by atoms with E-state index in [1.165, 1.54) is 7.11 Å². The predicted molar refractivity (Wildman–Crippen MR) is 145 cm³/mol. The first kappa shape index (κ1) is 28.4. The first-order chi connectivity index (χ1) is 18.8. The summed E-state index contributed by atoms with van der Waals surface area (Å²) in [5, 5.41) is 33.5. The second-order valence-electron chi connectivity index (χ2n) is 9.85. The Hall–Kier alpha value is -3.66. The highest BCUT2D eigenvalue weighted by Crippen LogP contribution is 2.51. The molecule has 0 spiro atoms. The summed E-state index contributed by atoms with van der Waals surface area (Å²) in [6.45, 7) is 5.48. The minimum Gasteiger partial charge on any atom is -0.493 e. The van der Waals surface area contributed by atoms with Crippen LogP contribution in [-0.4, -0.2) is 70.5 Å². The van der Waals surface area contributed by atoms with Crippen molar-refractivity contribution in [1.29, 1.82) is 0 Å². The van der Waals surface area contributed by atoms with E-state index in [1.807, 2.05) is 31.2 Å². The van der Waals surface area contributed by atoms with E-state index in [9.17, 15) is 24.9 Å². The lowest BCUT2D eigenvalue weighted by molar-refractivity contribution is -0.138. The number of ether oxygens (including phenoxy) is 2. The van der Waals surface area contributed by atoms with Gasteiger partial charge in [0, 0.05) is 30.6 Å². The molecule has 1 aliphatic carbocycles. The van der Waals surface area contributed by atoms with Crippen molar-refractivity contribution in [2.45, 2.75) is 57.1 Å². The van der Waals surface area contributed by atoms with Gasteiger partial charge < -0.3 is 35.0 Å². The molecule has 9 nitrogen and oxygen atoms in total. The van der Waals surface area contributed by atoms with E-state index in [0.29, 0.717) is 34.6 Å². The number of aliphatic hydroxyl groups excluding tert-OH is 3. The van der Waals surface area contributed by atoms with Gasteiger partial charge in [0.1, 0.15) is 12.2 Å². The second kappa shape index (κ2) is 12.5. The van der Waals surface area contributed by atoms with Gasteiger partial charge in [-0.1, -0.05) is 35.9 Å². The van der Waals surface area contributed by atoms with Crippen molar-refractivity contribution in [3.63, 3.8) is 0 Å². The number of methoxy groups -OCH3 is 1. The summed E-state index contributed by atoms with van der Waals surface area (Å²) in [5.74, 6) is -0.541. The molecule has 2 amide bonds. The zero-order chi connectivity index (χ0) is 28.1. The molecule has 0 radical (unpaired) electrons. The van der Waals surface area contributed by atoms with Crippen LogP contribution in [0.5, 0.6) is 11.5 Å². The SMILES string of the molecule is C=CCCC(=O)N(Cc1ccc(C)cc1)[C@@H]1C=C(C(=O)NCCO)[C@@H]2c3cc(CO)cc(OC)c3O[C@@H]2[C@H]1O. The van der Waals surface area contributed by atoms with Crippen molar-refractivity contribution in [3.05, 3.63) is 83.0 Å². The smallest absolute Gasteiger partial charge is 0.247 e. The van der Waals surface area contributed by atoms with Crippen molar-refractivity contribution in [3.8, 4) is 11.5 Å². The zero-order valence-electron chi connectivity index (χ0n) is 22.3. The fourth-order valence-corrected chi connectivity index (χ4v) is 5.24. The van der Waals surface area contributed by atoms with E-state index in [4.69, 9.17) is 9.47 Å². The fourth-order valence-electron chi connectivity index (χ4n) is 5.24. The standard InChI is InChI=1S/C30H36N2O7/c1-4-5-6-25(35)32(16-19-9-7-18(2)8-10-19)23-15-22(30(37)31-11-12-33)26-21-13-20(17-34)14-24(38-3)28(21)39-29(26)27(23)36/h4,7-10,13-15,23,26-27,29,33-34,36H,1,5-6,11-12,16-17H2,2-3H3,(H,31,37)/t23-,26+,27+,29+/m1/s1. The summed E-state index contributed by atoms with van der Waals surface area (Å²) in [6.07, 6.45) is 1.91. The summed E-state index contributed by atoms with van der Waals surface area (Å²) < 4.78 is 11.8. The van der Waals surface area contributed by atoms with Crippen LogP contribution in [0.3, 0.4) is 0 Å². The molecule has 1 heterocycles. The normalized spacial score (nSPS) is 21.2. The largest absolute Gasteiger partial charge is 0.493 e. The predicted octanol–water partition coefficient (Wildman–Crippen LogP) is 2.11. The van der Waals surface area contributed by atoms with Crippen LogP contribution in [0, 0.1) is 6.92 Å². The average Bonchev–Trinajstić information content (AvgIpc) is 3.34. The van der Waals surface area contributed by atoms with Crippen molar-refractivity contribution in [2.75, 3.05) is 20.3 Å². The van der Waals surface area contributed by atoms with Gasteiger partial charge in [0.15, 0.2) is 11.5 Å². The van der Waals surface area contributed by atoms with Crippen LogP contribution in [0.15, 0.2) is 60.7 Å². The van der Waals surface area contributed by atoms with Crippen molar-refractivity contribution < 1.29 is 34.4 Å². The van der Waals surface area contributed by atoms with E-state index in [1.54, 1.807) is 29.2 Å². The molecule has 208 valence electrons. The summed E-state index contributed by atoms with van der Waals surface area (Å²) in [5.41, 5.74) is 3.45. The Morgan fingerprint density at radius 2 is 1.92 bits per heavy atom. The number of rotatable bonds is 11. The molecule has 4 rings (SSSR count). The molecule has 0 unspecified atom stereocenters. The third kappa shape index (κ3) is 5.85. The van der Waals surface area contributed by atoms with Crippen LogP contribution in [-0.2, 0) is 22.7 Å². The van der Waals surface area contributed by atoms with Crippen LogP contribution < -0.4 is 14.8 Å². The van der Waals surface area contributed by atoms with Gasteiger partial charge in [-0.3, -0.25) is 9.59 Å². The molecule has 0 saturated heterocycles. The van der Waals surface area contributed by atoms with E-state index in [2.05, 4.69) is 11.9 Å². The molecule has 2 aliphatic rings. The number of nitrogens with zero attached hydrogens (tertiary/aromatic N) is 1. The van der Waals surface area contributed by atoms with Gasteiger partial charge in [-0.25, -0.2) is 0 Å². The third-order valence-corrected chi connectivity index (χ3v) is 7.21. The molecule has 4 atom stereocenters. The first-order valence-corrected chi connectivity index (χ1v) is 13.1. The maximum absolute atomic E-state index is 13.5. The van der Waals surface area contributed by atoms with Crippen LogP contribution in [0.4, 0.5) is 0 Å². The van der Waals surface area contributed by atoms with Gasteiger partial charge in [0.2, 0.25) is 11.8 Å². The Morgan fingerprint density at radius 3 is 2.56 bits per heavy atom. The van der Waals surface area contributed by atoms with Crippen LogP contribution in [0.1, 0.15) is 41.0 Å². The molecule has 2 aromatic carbocycles. The van der Waals surface area contributed by atoms with E-state index in [-0.39, 0.29) is 38.6 Å². The first-order valence-electron chi connectivity index (χ1n) is 13.1. The van der Waals surface area contributed by atoms with Gasteiger partial charge in [-0.2, -0.15) is 0 Å². The lowest BCUT2D eigenvalue weighted by atomic mass is 9.77. The number of aryl methyl sites for hydroxylation is 1. The number of carbonyl (C=O) groups excluding carboxylic acids is 2. The summed E-state index contributed by atoms with van der Waals surface area (Å²) >= 11 is 0. The summed E-state index contributed by atoms with van der Waals surface area (Å²) in [6, 6.07) is 10.3. The van der Waals surface area contributed by atoms with E-state index in [0.717, 1.165) is 11.1 Å². The Labute approximate surface area is 228 Å². The average molecular weight is 537 g/mol. The summed E-state index contributed by atoms with van der Waals surface area (Å²) in [7, 11) is 1.48.